The lowest BCUT2D eigenvalue weighted by molar-refractivity contribution is 0.0951. The second-order valence-electron chi connectivity index (χ2n) is 3.99. The second-order valence-corrected chi connectivity index (χ2v) is 4.79. The molecule has 0 aliphatic carbocycles. The molecule has 0 bridgehead atoms. The van der Waals surface area contributed by atoms with Gasteiger partial charge in [-0.05, 0) is 34.5 Å². The number of benzene rings is 1. The SMILES string of the molecule is Cc1cccc(C(=O)NCCn2ccnc2)c1Br. The number of hydrogen-bond donors (Lipinski definition) is 1. The second kappa shape index (κ2) is 5.82. The first-order chi connectivity index (χ1) is 8.68. The number of nitrogens with one attached hydrogen (secondary N) is 1. The van der Waals surface area contributed by atoms with E-state index in [0.717, 1.165) is 16.6 Å². The van der Waals surface area contributed by atoms with Gasteiger partial charge in [0.05, 0.1) is 11.9 Å². The van der Waals surface area contributed by atoms with Crippen LogP contribution in [-0.2, 0) is 6.54 Å². The highest BCUT2D eigenvalue weighted by atomic mass is 79.9. The van der Waals surface area contributed by atoms with Gasteiger partial charge in [0.1, 0.15) is 0 Å². The number of carbonyl (C=O) groups is 1. The largest absolute Gasteiger partial charge is 0.350 e. The van der Waals surface area contributed by atoms with Gasteiger partial charge < -0.3 is 9.88 Å². The van der Waals surface area contributed by atoms with E-state index in [1.165, 1.54) is 0 Å². The molecular weight excluding hydrogens is 294 g/mol. The van der Waals surface area contributed by atoms with Crippen molar-refractivity contribution in [2.45, 2.75) is 13.5 Å². The zero-order valence-electron chi connectivity index (χ0n) is 10.1. The summed E-state index contributed by atoms with van der Waals surface area (Å²) in [7, 11) is 0. The topological polar surface area (TPSA) is 46.9 Å². The first-order valence-corrected chi connectivity index (χ1v) is 6.47. The summed E-state index contributed by atoms with van der Waals surface area (Å²) in [4.78, 5) is 15.9. The summed E-state index contributed by atoms with van der Waals surface area (Å²) in [5.74, 6) is -0.0642. The molecule has 1 aromatic heterocycles. The molecule has 0 atom stereocenters. The molecular formula is C13H14BrN3O. The van der Waals surface area contributed by atoms with Crippen LogP contribution in [0, 0.1) is 6.92 Å². The summed E-state index contributed by atoms with van der Waals surface area (Å²) in [5, 5.41) is 2.89. The highest BCUT2D eigenvalue weighted by Crippen LogP contribution is 2.20. The van der Waals surface area contributed by atoms with Crippen LogP contribution >= 0.6 is 15.9 Å². The van der Waals surface area contributed by atoms with Crippen LogP contribution in [0.25, 0.3) is 0 Å². The number of hydrogen-bond acceptors (Lipinski definition) is 2. The standard InChI is InChI=1S/C13H14BrN3O/c1-10-3-2-4-11(12(10)14)13(18)16-6-8-17-7-5-15-9-17/h2-5,7,9H,6,8H2,1H3,(H,16,18). The van der Waals surface area contributed by atoms with E-state index in [1.54, 1.807) is 12.5 Å². The van der Waals surface area contributed by atoms with Crippen molar-refractivity contribution in [1.29, 1.82) is 0 Å². The Hall–Kier alpha value is -1.62. The maximum absolute atomic E-state index is 12.0. The van der Waals surface area contributed by atoms with Gasteiger partial charge in [0.25, 0.3) is 5.91 Å². The summed E-state index contributed by atoms with van der Waals surface area (Å²) in [6.07, 6.45) is 5.32. The highest BCUT2D eigenvalue weighted by Gasteiger charge is 2.10. The number of amides is 1. The minimum atomic E-state index is -0.0642. The molecule has 1 aromatic carbocycles. The summed E-state index contributed by atoms with van der Waals surface area (Å²) < 4.78 is 2.77. The van der Waals surface area contributed by atoms with Crippen LogP contribution in [0.3, 0.4) is 0 Å². The average Bonchev–Trinajstić information content (AvgIpc) is 2.85. The van der Waals surface area contributed by atoms with E-state index in [2.05, 4.69) is 26.2 Å². The van der Waals surface area contributed by atoms with E-state index < -0.39 is 0 Å². The maximum atomic E-state index is 12.0. The third-order valence-electron chi connectivity index (χ3n) is 2.65. The molecule has 2 aromatic rings. The third-order valence-corrected chi connectivity index (χ3v) is 3.70. The molecule has 0 saturated carbocycles. The van der Waals surface area contributed by atoms with E-state index in [1.807, 2.05) is 35.9 Å². The van der Waals surface area contributed by atoms with Crippen molar-refractivity contribution >= 4 is 21.8 Å². The Bertz CT molecular complexity index is 537. The lowest BCUT2D eigenvalue weighted by Crippen LogP contribution is -2.27. The van der Waals surface area contributed by atoms with Gasteiger partial charge in [0.15, 0.2) is 0 Å². The van der Waals surface area contributed by atoms with Gasteiger partial charge in [-0.2, -0.15) is 0 Å². The van der Waals surface area contributed by atoms with Gasteiger partial charge in [0, 0.05) is 30.0 Å². The van der Waals surface area contributed by atoms with Crippen LogP contribution in [0.1, 0.15) is 15.9 Å². The number of rotatable bonds is 4. The fourth-order valence-electron chi connectivity index (χ4n) is 1.64. The van der Waals surface area contributed by atoms with Crippen LogP contribution in [0.15, 0.2) is 41.4 Å². The Kier molecular flexibility index (Phi) is 4.15. The third kappa shape index (κ3) is 2.98. The smallest absolute Gasteiger partial charge is 0.252 e. The summed E-state index contributed by atoms with van der Waals surface area (Å²) in [6, 6.07) is 5.65. The number of aromatic nitrogens is 2. The van der Waals surface area contributed by atoms with Crippen molar-refractivity contribution in [1.82, 2.24) is 14.9 Å². The minimum Gasteiger partial charge on any atom is -0.350 e. The molecule has 0 fully saturated rings. The van der Waals surface area contributed by atoms with E-state index >= 15 is 0 Å². The van der Waals surface area contributed by atoms with Gasteiger partial charge in [-0.1, -0.05) is 12.1 Å². The zero-order chi connectivity index (χ0) is 13.0. The minimum absolute atomic E-state index is 0.0642. The molecule has 4 nitrogen and oxygen atoms in total. The predicted molar refractivity (Wildman–Crippen MR) is 73.4 cm³/mol. The van der Waals surface area contributed by atoms with E-state index in [-0.39, 0.29) is 5.91 Å². The van der Waals surface area contributed by atoms with Gasteiger partial charge in [-0.25, -0.2) is 4.98 Å². The number of aryl methyl sites for hydroxylation is 1. The van der Waals surface area contributed by atoms with Crippen molar-refractivity contribution in [3.8, 4) is 0 Å². The van der Waals surface area contributed by atoms with Crippen molar-refractivity contribution < 1.29 is 4.79 Å². The molecule has 0 unspecified atom stereocenters. The molecule has 2 rings (SSSR count). The Balaban J connectivity index is 1.93. The molecule has 0 spiro atoms. The van der Waals surface area contributed by atoms with Crippen LogP contribution in [0.5, 0.6) is 0 Å². The number of halogens is 1. The zero-order valence-corrected chi connectivity index (χ0v) is 11.6. The molecule has 0 radical (unpaired) electrons. The van der Waals surface area contributed by atoms with Crippen molar-refractivity contribution in [2.75, 3.05) is 6.54 Å². The normalized spacial score (nSPS) is 10.3. The predicted octanol–water partition coefficient (Wildman–Crippen LogP) is 2.38. The van der Waals surface area contributed by atoms with Gasteiger partial charge in [0.2, 0.25) is 0 Å². The quantitative estimate of drug-likeness (QED) is 0.942. The number of nitrogens with zero attached hydrogens (tertiary/aromatic N) is 2. The molecule has 0 aliphatic heterocycles. The lowest BCUT2D eigenvalue weighted by atomic mass is 10.1. The Labute approximate surface area is 114 Å². The van der Waals surface area contributed by atoms with E-state index in [0.29, 0.717) is 12.1 Å². The highest BCUT2D eigenvalue weighted by molar-refractivity contribution is 9.10. The molecule has 1 heterocycles. The van der Waals surface area contributed by atoms with Crippen molar-refractivity contribution in [3.05, 3.63) is 52.5 Å². The van der Waals surface area contributed by atoms with Crippen LogP contribution in [-0.4, -0.2) is 22.0 Å². The first-order valence-electron chi connectivity index (χ1n) is 5.67. The molecule has 0 aliphatic rings. The molecule has 1 amide bonds. The summed E-state index contributed by atoms with van der Waals surface area (Å²) >= 11 is 3.44. The maximum Gasteiger partial charge on any atom is 0.252 e. The summed E-state index contributed by atoms with van der Waals surface area (Å²) in [5.41, 5.74) is 1.72. The van der Waals surface area contributed by atoms with Crippen molar-refractivity contribution in [3.63, 3.8) is 0 Å². The number of imidazole rings is 1. The Morgan fingerprint density at radius 2 is 2.33 bits per heavy atom. The molecule has 94 valence electrons. The average molecular weight is 308 g/mol. The Morgan fingerprint density at radius 3 is 3.06 bits per heavy atom. The van der Waals surface area contributed by atoms with Gasteiger partial charge >= 0.3 is 0 Å². The van der Waals surface area contributed by atoms with Gasteiger partial charge in [-0.15, -0.1) is 0 Å². The monoisotopic (exact) mass is 307 g/mol. The van der Waals surface area contributed by atoms with E-state index in [4.69, 9.17) is 0 Å². The number of carbonyl (C=O) groups excluding carboxylic acids is 1. The van der Waals surface area contributed by atoms with Crippen LogP contribution < -0.4 is 5.32 Å². The molecule has 18 heavy (non-hydrogen) atoms. The molecule has 1 N–H and O–H groups in total. The summed E-state index contributed by atoms with van der Waals surface area (Å²) in [6.45, 7) is 3.26. The van der Waals surface area contributed by atoms with Crippen LogP contribution in [0.2, 0.25) is 0 Å². The fourth-order valence-corrected chi connectivity index (χ4v) is 2.08. The van der Waals surface area contributed by atoms with Crippen LogP contribution in [0.4, 0.5) is 0 Å². The Morgan fingerprint density at radius 1 is 1.50 bits per heavy atom. The fraction of sp³-hybridized carbons (Fsp3) is 0.231. The van der Waals surface area contributed by atoms with E-state index in [9.17, 15) is 4.79 Å². The first kappa shape index (κ1) is 12.8. The van der Waals surface area contributed by atoms with Gasteiger partial charge in [-0.3, -0.25) is 4.79 Å². The molecule has 5 heteroatoms. The molecule has 0 saturated heterocycles. The lowest BCUT2D eigenvalue weighted by Gasteiger charge is -2.08. The van der Waals surface area contributed by atoms with Crippen molar-refractivity contribution in [2.24, 2.45) is 0 Å².